The Bertz CT molecular complexity index is 838. The van der Waals surface area contributed by atoms with E-state index in [1.807, 2.05) is 11.8 Å². The second-order valence-electron chi connectivity index (χ2n) is 7.90. The van der Waals surface area contributed by atoms with Gasteiger partial charge in [-0.1, -0.05) is 0 Å². The molecule has 2 aromatic rings. The van der Waals surface area contributed by atoms with E-state index in [1.54, 1.807) is 6.33 Å². The number of amides is 1. The van der Waals surface area contributed by atoms with Crippen molar-refractivity contribution in [3.63, 3.8) is 0 Å². The summed E-state index contributed by atoms with van der Waals surface area (Å²) >= 11 is 1.48. The zero-order chi connectivity index (χ0) is 19.7. The van der Waals surface area contributed by atoms with Gasteiger partial charge in [0.25, 0.3) is 5.91 Å². The number of hydrogen-bond acceptors (Lipinski definition) is 7. The number of fused-ring (bicyclic) bond motifs is 1. The summed E-state index contributed by atoms with van der Waals surface area (Å²) in [4.78, 5) is 28.1. The minimum Gasteiger partial charge on any atom is -0.376 e. The number of carbonyl (C=O) groups is 1. The molecule has 2 aliphatic rings. The van der Waals surface area contributed by atoms with Crippen molar-refractivity contribution < 1.29 is 9.53 Å². The molecule has 4 heterocycles. The number of thiophene rings is 1. The first-order chi connectivity index (χ1) is 13.5. The van der Waals surface area contributed by atoms with Gasteiger partial charge in [0, 0.05) is 45.4 Å². The van der Waals surface area contributed by atoms with E-state index in [0.29, 0.717) is 6.04 Å². The number of piperazine rings is 1. The van der Waals surface area contributed by atoms with Gasteiger partial charge in [-0.15, -0.1) is 11.3 Å². The van der Waals surface area contributed by atoms with Crippen molar-refractivity contribution in [2.24, 2.45) is 0 Å². The predicted octanol–water partition coefficient (Wildman–Crippen LogP) is 2.76. The highest BCUT2D eigenvalue weighted by molar-refractivity contribution is 7.20. The summed E-state index contributed by atoms with van der Waals surface area (Å²) < 4.78 is 5.70. The first kappa shape index (κ1) is 19.5. The standard InChI is InChI=1S/C20H29N5O2S/c1-13(2)24-6-8-25(9-7-24)20(26)17-14(3)16-18(22-12-23-19(16)28-17)21-11-15-5-4-10-27-15/h12-13,15H,4-11H2,1-3H3,(H,21,22,23). The molecule has 0 aromatic carbocycles. The molecule has 8 heteroatoms. The lowest BCUT2D eigenvalue weighted by Crippen LogP contribution is -2.50. The molecule has 2 aromatic heterocycles. The zero-order valence-corrected chi connectivity index (χ0v) is 17.7. The first-order valence-corrected chi connectivity index (χ1v) is 11.0. The smallest absolute Gasteiger partial charge is 0.264 e. The second-order valence-corrected chi connectivity index (χ2v) is 8.90. The van der Waals surface area contributed by atoms with Crippen LogP contribution in [0.1, 0.15) is 41.9 Å². The molecule has 2 fully saturated rings. The minimum absolute atomic E-state index is 0.119. The number of ether oxygens (including phenoxy) is 1. The highest BCUT2D eigenvalue weighted by Gasteiger charge is 2.27. The molecule has 1 unspecified atom stereocenters. The molecule has 0 radical (unpaired) electrons. The molecule has 1 N–H and O–H groups in total. The third-order valence-corrected chi connectivity index (χ3v) is 6.96. The van der Waals surface area contributed by atoms with Crippen LogP contribution in [-0.4, -0.2) is 77.2 Å². The van der Waals surface area contributed by atoms with Crippen LogP contribution in [0.15, 0.2) is 6.33 Å². The Morgan fingerprint density at radius 3 is 2.79 bits per heavy atom. The lowest BCUT2D eigenvalue weighted by Gasteiger charge is -2.36. The van der Waals surface area contributed by atoms with Gasteiger partial charge in [0.1, 0.15) is 17.0 Å². The largest absolute Gasteiger partial charge is 0.376 e. The minimum atomic E-state index is 0.119. The fraction of sp³-hybridized carbons (Fsp3) is 0.650. The fourth-order valence-electron chi connectivity index (χ4n) is 4.01. The summed E-state index contributed by atoms with van der Waals surface area (Å²) in [5.74, 6) is 0.923. The van der Waals surface area contributed by atoms with Crippen molar-refractivity contribution in [3.8, 4) is 0 Å². The lowest BCUT2D eigenvalue weighted by atomic mass is 10.1. The Morgan fingerprint density at radius 2 is 2.11 bits per heavy atom. The highest BCUT2D eigenvalue weighted by Crippen LogP contribution is 2.34. The third-order valence-electron chi connectivity index (χ3n) is 5.77. The number of aryl methyl sites for hydroxylation is 1. The molecule has 152 valence electrons. The average molecular weight is 404 g/mol. The van der Waals surface area contributed by atoms with Crippen LogP contribution in [-0.2, 0) is 4.74 Å². The maximum Gasteiger partial charge on any atom is 0.264 e. The number of aromatic nitrogens is 2. The molecule has 7 nitrogen and oxygen atoms in total. The maximum atomic E-state index is 13.2. The zero-order valence-electron chi connectivity index (χ0n) is 16.9. The molecule has 1 atom stereocenters. The van der Waals surface area contributed by atoms with Crippen molar-refractivity contribution in [3.05, 3.63) is 16.8 Å². The third kappa shape index (κ3) is 3.86. The van der Waals surface area contributed by atoms with E-state index in [9.17, 15) is 4.79 Å². The molecule has 1 amide bonds. The van der Waals surface area contributed by atoms with Gasteiger partial charge in [-0.25, -0.2) is 9.97 Å². The summed E-state index contributed by atoms with van der Waals surface area (Å²) in [6, 6.07) is 0.524. The Hall–Kier alpha value is -1.77. The number of carbonyl (C=O) groups excluding carboxylic acids is 1. The lowest BCUT2D eigenvalue weighted by molar-refractivity contribution is 0.0599. The van der Waals surface area contributed by atoms with Crippen molar-refractivity contribution in [1.82, 2.24) is 19.8 Å². The van der Waals surface area contributed by atoms with Gasteiger partial charge in [0.05, 0.1) is 16.4 Å². The molecular weight excluding hydrogens is 374 g/mol. The fourth-order valence-corrected chi connectivity index (χ4v) is 5.13. The number of hydrogen-bond donors (Lipinski definition) is 1. The molecule has 0 spiro atoms. The number of nitrogens with zero attached hydrogens (tertiary/aromatic N) is 4. The van der Waals surface area contributed by atoms with E-state index in [4.69, 9.17) is 4.74 Å². The van der Waals surface area contributed by atoms with E-state index in [2.05, 4.69) is 34.0 Å². The van der Waals surface area contributed by atoms with Crippen LogP contribution in [0.4, 0.5) is 5.82 Å². The van der Waals surface area contributed by atoms with E-state index in [0.717, 1.165) is 78.6 Å². The summed E-state index contributed by atoms with van der Waals surface area (Å²) in [7, 11) is 0. The molecule has 0 saturated carbocycles. The van der Waals surface area contributed by atoms with Gasteiger partial charge in [0.2, 0.25) is 0 Å². The normalized spacial score (nSPS) is 21.0. The van der Waals surface area contributed by atoms with Gasteiger partial charge >= 0.3 is 0 Å². The Morgan fingerprint density at radius 1 is 1.32 bits per heavy atom. The highest BCUT2D eigenvalue weighted by atomic mass is 32.1. The van der Waals surface area contributed by atoms with Crippen LogP contribution >= 0.6 is 11.3 Å². The van der Waals surface area contributed by atoms with Crippen LogP contribution in [0.25, 0.3) is 10.2 Å². The SMILES string of the molecule is Cc1c(C(=O)N2CCN(C(C)C)CC2)sc2ncnc(NCC3CCCO3)c12. The topological polar surface area (TPSA) is 70.6 Å². The van der Waals surface area contributed by atoms with Crippen molar-refractivity contribution in [1.29, 1.82) is 0 Å². The summed E-state index contributed by atoms with van der Waals surface area (Å²) in [5.41, 5.74) is 0.978. The Balaban J connectivity index is 1.52. The van der Waals surface area contributed by atoms with Crippen molar-refractivity contribution in [2.75, 3.05) is 44.6 Å². The quantitative estimate of drug-likeness (QED) is 0.828. The Kier molecular flexibility index (Phi) is 5.80. The number of anilines is 1. The predicted molar refractivity (Wildman–Crippen MR) is 112 cm³/mol. The summed E-state index contributed by atoms with van der Waals surface area (Å²) in [6.45, 7) is 11.4. The molecule has 2 saturated heterocycles. The van der Waals surface area contributed by atoms with E-state index in [1.165, 1.54) is 11.3 Å². The van der Waals surface area contributed by atoms with Crippen LogP contribution in [0.2, 0.25) is 0 Å². The van der Waals surface area contributed by atoms with Gasteiger partial charge < -0.3 is 15.0 Å². The van der Waals surface area contributed by atoms with Crippen LogP contribution < -0.4 is 5.32 Å². The summed E-state index contributed by atoms with van der Waals surface area (Å²) in [5, 5.41) is 4.39. The molecule has 28 heavy (non-hydrogen) atoms. The van der Waals surface area contributed by atoms with E-state index < -0.39 is 0 Å². The van der Waals surface area contributed by atoms with Crippen molar-refractivity contribution in [2.45, 2.75) is 45.8 Å². The van der Waals surface area contributed by atoms with E-state index >= 15 is 0 Å². The number of nitrogens with one attached hydrogen (secondary N) is 1. The Labute approximate surface area is 170 Å². The monoisotopic (exact) mass is 403 g/mol. The van der Waals surface area contributed by atoms with Crippen LogP contribution in [0.5, 0.6) is 0 Å². The maximum absolute atomic E-state index is 13.2. The van der Waals surface area contributed by atoms with Crippen LogP contribution in [0, 0.1) is 6.92 Å². The molecule has 2 aliphatic heterocycles. The van der Waals surface area contributed by atoms with Crippen LogP contribution in [0.3, 0.4) is 0 Å². The molecule has 4 rings (SSSR count). The number of rotatable bonds is 5. The first-order valence-electron chi connectivity index (χ1n) is 10.2. The molecular formula is C20H29N5O2S. The van der Waals surface area contributed by atoms with E-state index in [-0.39, 0.29) is 12.0 Å². The van der Waals surface area contributed by atoms with Gasteiger partial charge in [-0.05, 0) is 39.2 Å². The summed E-state index contributed by atoms with van der Waals surface area (Å²) in [6.07, 6.45) is 4.01. The van der Waals surface area contributed by atoms with Gasteiger partial charge in [-0.3, -0.25) is 9.69 Å². The molecule has 0 bridgehead atoms. The molecule has 0 aliphatic carbocycles. The van der Waals surface area contributed by atoms with Gasteiger partial charge in [-0.2, -0.15) is 0 Å². The second kappa shape index (κ2) is 8.31. The van der Waals surface area contributed by atoms with Gasteiger partial charge in [0.15, 0.2) is 0 Å². The average Bonchev–Trinajstić information content (AvgIpc) is 3.34. The van der Waals surface area contributed by atoms with Crippen molar-refractivity contribution >= 4 is 33.3 Å².